The minimum absolute atomic E-state index is 0.0536. The fraction of sp³-hybridized carbons (Fsp3) is 0.304. The van der Waals surface area contributed by atoms with Gasteiger partial charge >= 0.3 is 0 Å². The van der Waals surface area contributed by atoms with Gasteiger partial charge in [0.05, 0.1) is 18.9 Å². The molecule has 0 saturated heterocycles. The topological polar surface area (TPSA) is 60.5 Å². The number of ether oxygens (including phenoxy) is 2. The van der Waals surface area contributed by atoms with Gasteiger partial charge in [-0.25, -0.2) is 4.98 Å². The van der Waals surface area contributed by atoms with E-state index in [1.807, 2.05) is 36.6 Å². The van der Waals surface area contributed by atoms with Gasteiger partial charge < -0.3 is 14.8 Å². The lowest BCUT2D eigenvalue weighted by molar-refractivity contribution is -0.116. The molecule has 0 unspecified atom stereocenters. The van der Waals surface area contributed by atoms with E-state index in [9.17, 15) is 4.79 Å². The Hall–Kier alpha value is -2.86. The first-order valence-corrected chi connectivity index (χ1v) is 10.6. The molecule has 0 fully saturated rings. The Kier molecular flexibility index (Phi) is 7.25. The number of thiazole rings is 1. The number of carbonyl (C=O) groups excluding carboxylic acids is 1. The highest BCUT2D eigenvalue weighted by molar-refractivity contribution is 7.14. The van der Waals surface area contributed by atoms with Gasteiger partial charge in [-0.05, 0) is 63.1 Å². The Labute approximate surface area is 175 Å². The first-order chi connectivity index (χ1) is 14.0. The van der Waals surface area contributed by atoms with Gasteiger partial charge in [-0.15, -0.1) is 11.3 Å². The van der Waals surface area contributed by atoms with Gasteiger partial charge in [0, 0.05) is 17.4 Å². The molecule has 6 heteroatoms. The molecule has 3 aromatic rings. The highest BCUT2D eigenvalue weighted by Crippen LogP contribution is 2.28. The third-order valence-corrected chi connectivity index (χ3v) is 5.13. The van der Waals surface area contributed by atoms with E-state index >= 15 is 0 Å². The van der Waals surface area contributed by atoms with E-state index in [0.717, 1.165) is 22.8 Å². The summed E-state index contributed by atoms with van der Waals surface area (Å²) in [5, 5.41) is 5.48. The summed E-state index contributed by atoms with van der Waals surface area (Å²) in [5.74, 6) is 1.54. The zero-order valence-electron chi connectivity index (χ0n) is 17.0. The van der Waals surface area contributed by atoms with Crippen molar-refractivity contribution in [2.75, 3.05) is 18.5 Å². The van der Waals surface area contributed by atoms with Crippen LogP contribution >= 0.6 is 11.3 Å². The van der Waals surface area contributed by atoms with Crippen LogP contribution in [-0.2, 0) is 4.79 Å². The van der Waals surface area contributed by atoms with Crippen molar-refractivity contribution in [1.29, 1.82) is 0 Å². The van der Waals surface area contributed by atoms with Gasteiger partial charge in [0.1, 0.15) is 11.5 Å². The Morgan fingerprint density at radius 2 is 1.79 bits per heavy atom. The summed E-state index contributed by atoms with van der Waals surface area (Å²) >= 11 is 1.44. The van der Waals surface area contributed by atoms with Crippen molar-refractivity contribution in [1.82, 2.24) is 4.98 Å². The molecular formula is C23H26N2O3S. The predicted molar refractivity (Wildman–Crippen MR) is 118 cm³/mol. The molecule has 3 rings (SSSR count). The molecule has 152 valence electrons. The van der Waals surface area contributed by atoms with Gasteiger partial charge in [0.2, 0.25) is 5.91 Å². The first kappa shape index (κ1) is 20.9. The molecular weight excluding hydrogens is 384 g/mol. The Morgan fingerprint density at radius 1 is 1.07 bits per heavy atom. The van der Waals surface area contributed by atoms with Crippen molar-refractivity contribution in [3.05, 3.63) is 59.0 Å². The Morgan fingerprint density at radius 3 is 2.52 bits per heavy atom. The lowest BCUT2D eigenvalue weighted by atomic mass is 10.0. The van der Waals surface area contributed by atoms with Gasteiger partial charge in [-0.2, -0.15) is 0 Å². The highest BCUT2D eigenvalue weighted by atomic mass is 32.1. The molecule has 0 aliphatic heterocycles. The lowest BCUT2D eigenvalue weighted by Crippen LogP contribution is -2.12. The SMILES string of the molecule is CCOc1ccc(OCCCC(=O)Nc2nc(-c3cc(C)ccc3C)cs2)cc1. The van der Waals surface area contributed by atoms with Crippen molar-refractivity contribution in [2.45, 2.75) is 33.6 Å². The summed E-state index contributed by atoms with van der Waals surface area (Å²) in [7, 11) is 0. The van der Waals surface area contributed by atoms with Crippen LogP contribution in [0, 0.1) is 13.8 Å². The number of amides is 1. The standard InChI is InChI=1S/C23H26N2O3S/c1-4-27-18-9-11-19(12-10-18)28-13-5-6-22(26)25-23-24-21(15-29-23)20-14-16(2)7-8-17(20)3/h7-12,14-15H,4-6,13H2,1-3H3,(H,24,25,26). The van der Waals surface area contributed by atoms with Crippen LogP contribution in [0.15, 0.2) is 47.8 Å². The second-order valence-corrected chi connectivity index (χ2v) is 7.62. The van der Waals surface area contributed by atoms with Crippen molar-refractivity contribution in [3.8, 4) is 22.8 Å². The molecule has 0 spiro atoms. The van der Waals surface area contributed by atoms with Crippen molar-refractivity contribution < 1.29 is 14.3 Å². The molecule has 0 radical (unpaired) electrons. The monoisotopic (exact) mass is 410 g/mol. The molecule has 0 aliphatic rings. The molecule has 1 amide bonds. The summed E-state index contributed by atoms with van der Waals surface area (Å²) in [5.41, 5.74) is 4.36. The summed E-state index contributed by atoms with van der Waals surface area (Å²) < 4.78 is 11.1. The summed E-state index contributed by atoms with van der Waals surface area (Å²) in [4.78, 5) is 16.8. The predicted octanol–water partition coefficient (Wildman–Crippen LogP) is 5.62. The van der Waals surface area contributed by atoms with Gasteiger partial charge in [-0.3, -0.25) is 4.79 Å². The second-order valence-electron chi connectivity index (χ2n) is 6.76. The Balaban J connectivity index is 1.44. The number of nitrogens with zero attached hydrogens (tertiary/aromatic N) is 1. The molecule has 2 aromatic carbocycles. The third kappa shape index (κ3) is 6.06. The minimum Gasteiger partial charge on any atom is -0.494 e. The van der Waals surface area contributed by atoms with Crippen LogP contribution in [0.1, 0.15) is 30.9 Å². The first-order valence-electron chi connectivity index (χ1n) is 9.74. The zero-order chi connectivity index (χ0) is 20.6. The number of anilines is 1. The molecule has 0 atom stereocenters. The number of carbonyl (C=O) groups is 1. The lowest BCUT2D eigenvalue weighted by Gasteiger charge is -2.07. The van der Waals surface area contributed by atoms with Gasteiger partial charge in [0.15, 0.2) is 5.13 Å². The molecule has 29 heavy (non-hydrogen) atoms. The maximum atomic E-state index is 12.2. The number of rotatable bonds is 9. The van der Waals surface area contributed by atoms with E-state index in [1.165, 1.54) is 22.5 Å². The number of aromatic nitrogens is 1. The van der Waals surface area contributed by atoms with E-state index in [4.69, 9.17) is 9.47 Å². The fourth-order valence-electron chi connectivity index (χ4n) is 2.87. The normalized spacial score (nSPS) is 10.6. The molecule has 5 nitrogen and oxygen atoms in total. The summed E-state index contributed by atoms with van der Waals surface area (Å²) in [6, 6.07) is 13.8. The van der Waals surface area contributed by atoms with E-state index in [1.54, 1.807) is 0 Å². The molecule has 1 aromatic heterocycles. The van der Waals surface area contributed by atoms with Gasteiger partial charge in [0.25, 0.3) is 0 Å². The maximum absolute atomic E-state index is 12.2. The van der Waals surface area contributed by atoms with E-state index in [-0.39, 0.29) is 5.91 Å². The number of aryl methyl sites for hydroxylation is 2. The number of nitrogens with one attached hydrogen (secondary N) is 1. The van der Waals surface area contributed by atoms with Gasteiger partial charge in [-0.1, -0.05) is 17.7 Å². The molecule has 1 N–H and O–H groups in total. The number of benzene rings is 2. The van der Waals surface area contributed by atoms with E-state index < -0.39 is 0 Å². The number of hydrogen-bond acceptors (Lipinski definition) is 5. The van der Waals surface area contributed by atoms with Crippen LogP contribution in [0.3, 0.4) is 0 Å². The average Bonchev–Trinajstić information content (AvgIpc) is 3.17. The largest absolute Gasteiger partial charge is 0.494 e. The zero-order valence-corrected chi connectivity index (χ0v) is 17.8. The van der Waals surface area contributed by atoms with E-state index in [0.29, 0.717) is 31.2 Å². The molecule has 0 bridgehead atoms. The smallest absolute Gasteiger partial charge is 0.226 e. The molecule has 0 saturated carbocycles. The van der Waals surface area contributed by atoms with Crippen LogP contribution in [0.5, 0.6) is 11.5 Å². The second kappa shape index (κ2) is 10.1. The van der Waals surface area contributed by atoms with Crippen molar-refractivity contribution in [3.63, 3.8) is 0 Å². The minimum atomic E-state index is -0.0536. The fourth-order valence-corrected chi connectivity index (χ4v) is 3.60. The highest BCUT2D eigenvalue weighted by Gasteiger charge is 2.10. The quantitative estimate of drug-likeness (QED) is 0.465. The number of hydrogen-bond donors (Lipinski definition) is 1. The van der Waals surface area contributed by atoms with E-state index in [2.05, 4.69) is 42.3 Å². The average molecular weight is 411 g/mol. The van der Waals surface area contributed by atoms with Crippen LogP contribution < -0.4 is 14.8 Å². The van der Waals surface area contributed by atoms with Crippen molar-refractivity contribution >= 4 is 22.4 Å². The maximum Gasteiger partial charge on any atom is 0.226 e. The summed E-state index contributed by atoms with van der Waals surface area (Å²) in [6.07, 6.45) is 1.02. The van der Waals surface area contributed by atoms with Crippen LogP contribution in [0.25, 0.3) is 11.3 Å². The van der Waals surface area contributed by atoms with Crippen molar-refractivity contribution in [2.24, 2.45) is 0 Å². The van der Waals surface area contributed by atoms with Crippen LogP contribution in [0.2, 0.25) is 0 Å². The Bertz CT molecular complexity index is 951. The van der Waals surface area contributed by atoms with Crippen LogP contribution in [-0.4, -0.2) is 24.1 Å². The van der Waals surface area contributed by atoms with Crippen LogP contribution in [0.4, 0.5) is 5.13 Å². The summed E-state index contributed by atoms with van der Waals surface area (Å²) in [6.45, 7) is 7.20. The third-order valence-electron chi connectivity index (χ3n) is 4.37. The molecule has 0 aliphatic carbocycles. The molecule has 1 heterocycles.